The van der Waals surface area contributed by atoms with Gasteiger partial charge in [-0.3, -0.25) is 4.90 Å². The molecule has 1 aliphatic heterocycles. The molecule has 0 spiro atoms. The summed E-state index contributed by atoms with van der Waals surface area (Å²) < 4.78 is 34.2. The van der Waals surface area contributed by atoms with E-state index in [9.17, 15) is 8.78 Å². The van der Waals surface area contributed by atoms with Crippen LogP contribution in [0.15, 0.2) is 18.2 Å². The molecule has 126 valence electrons. The lowest BCUT2D eigenvalue weighted by atomic mass is 10.0. The molecule has 2 rings (SSSR count). The number of hydrogen-bond donors (Lipinski definition) is 1. The zero-order chi connectivity index (χ0) is 15.2. The highest BCUT2D eigenvalue weighted by Crippen LogP contribution is 2.30. The molecule has 0 saturated carbocycles. The Kier molecular flexibility index (Phi) is 7.85. The summed E-state index contributed by atoms with van der Waals surface area (Å²) in [6.45, 7) is -0.00298. The summed E-state index contributed by atoms with van der Waals surface area (Å²) in [7, 11) is 3.54. The van der Waals surface area contributed by atoms with Crippen molar-refractivity contribution in [1.29, 1.82) is 0 Å². The Hall–Kier alpha value is -1.11. The van der Waals surface area contributed by atoms with Gasteiger partial charge in [-0.2, -0.15) is 8.78 Å². The summed E-state index contributed by atoms with van der Waals surface area (Å²) >= 11 is 0. The third-order valence-corrected chi connectivity index (χ3v) is 3.81. The fourth-order valence-electron chi connectivity index (χ4n) is 2.67. The Morgan fingerprint density at radius 2 is 1.95 bits per heavy atom. The zero-order valence-electron chi connectivity index (χ0n) is 12.9. The second-order valence-electron chi connectivity index (χ2n) is 5.26. The number of halogens is 3. The van der Waals surface area contributed by atoms with Crippen molar-refractivity contribution in [3.63, 3.8) is 0 Å². The molecule has 0 aliphatic carbocycles. The molecule has 1 heterocycles. The van der Waals surface area contributed by atoms with Crippen LogP contribution < -0.4 is 14.8 Å². The van der Waals surface area contributed by atoms with Gasteiger partial charge in [0.1, 0.15) is 0 Å². The van der Waals surface area contributed by atoms with Gasteiger partial charge < -0.3 is 14.8 Å². The van der Waals surface area contributed by atoms with E-state index in [1.54, 1.807) is 12.1 Å². The number of methoxy groups -OCH3 is 1. The second kappa shape index (κ2) is 9.12. The van der Waals surface area contributed by atoms with Crippen LogP contribution >= 0.6 is 12.4 Å². The minimum atomic E-state index is -2.85. The fraction of sp³-hybridized carbons (Fsp3) is 0.600. The first-order valence-corrected chi connectivity index (χ1v) is 7.13. The van der Waals surface area contributed by atoms with Gasteiger partial charge >= 0.3 is 6.61 Å². The maximum atomic E-state index is 12.3. The van der Waals surface area contributed by atoms with Crippen molar-refractivity contribution in [3.05, 3.63) is 23.8 Å². The van der Waals surface area contributed by atoms with E-state index in [0.717, 1.165) is 38.0 Å². The molecule has 0 radical (unpaired) electrons. The van der Waals surface area contributed by atoms with Gasteiger partial charge in [-0.1, -0.05) is 6.07 Å². The molecule has 0 aromatic heterocycles. The highest BCUT2D eigenvalue weighted by Gasteiger charge is 2.18. The summed E-state index contributed by atoms with van der Waals surface area (Å²) in [5.74, 6) is 0.410. The topological polar surface area (TPSA) is 33.7 Å². The van der Waals surface area contributed by atoms with Gasteiger partial charge in [-0.15, -0.1) is 12.4 Å². The first kappa shape index (κ1) is 18.9. The second-order valence-corrected chi connectivity index (χ2v) is 5.26. The molecular weight excluding hydrogens is 314 g/mol. The van der Waals surface area contributed by atoms with Gasteiger partial charge in [0.15, 0.2) is 11.5 Å². The SMILES string of the molecule is COc1cc(CN(C)C2CCNCC2)ccc1OC(F)F.Cl. The van der Waals surface area contributed by atoms with E-state index < -0.39 is 6.61 Å². The minimum Gasteiger partial charge on any atom is -0.493 e. The van der Waals surface area contributed by atoms with Crippen molar-refractivity contribution in [2.75, 3.05) is 27.2 Å². The van der Waals surface area contributed by atoms with Crippen LogP contribution in [0.4, 0.5) is 8.78 Å². The number of benzene rings is 1. The average molecular weight is 337 g/mol. The molecule has 1 aromatic rings. The number of alkyl halides is 2. The van der Waals surface area contributed by atoms with Crippen LogP contribution in [0.3, 0.4) is 0 Å². The number of nitrogens with zero attached hydrogens (tertiary/aromatic N) is 1. The van der Waals surface area contributed by atoms with E-state index in [4.69, 9.17) is 4.74 Å². The van der Waals surface area contributed by atoms with Crippen molar-refractivity contribution in [3.8, 4) is 11.5 Å². The van der Waals surface area contributed by atoms with E-state index in [1.807, 2.05) is 0 Å². The van der Waals surface area contributed by atoms with Crippen molar-refractivity contribution >= 4 is 12.4 Å². The van der Waals surface area contributed by atoms with E-state index in [1.165, 1.54) is 13.2 Å². The quantitative estimate of drug-likeness (QED) is 0.866. The first-order valence-electron chi connectivity index (χ1n) is 7.13. The van der Waals surface area contributed by atoms with Gasteiger partial charge in [0.2, 0.25) is 0 Å². The molecule has 1 saturated heterocycles. The lowest BCUT2D eigenvalue weighted by Gasteiger charge is -2.31. The number of rotatable bonds is 6. The molecule has 22 heavy (non-hydrogen) atoms. The smallest absolute Gasteiger partial charge is 0.387 e. The monoisotopic (exact) mass is 336 g/mol. The van der Waals surface area contributed by atoms with Crippen molar-refractivity contribution < 1.29 is 18.3 Å². The number of nitrogens with one attached hydrogen (secondary N) is 1. The minimum absolute atomic E-state index is 0. The molecule has 1 aromatic carbocycles. The Labute approximate surface area is 136 Å². The lowest BCUT2D eigenvalue weighted by Crippen LogP contribution is -2.40. The molecule has 0 atom stereocenters. The Bertz CT molecular complexity index is 457. The number of ether oxygens (including phenoxy) is 2. The molecule has 1 aliphatic rings. The normalized spacial score (nSPS) is 15.7. The summed E-state index contributed by atoms with van der Waals surface area (Å²) in [5, 5.41) is 3.34. The van der Waals surface area contributed by atoms with Crippen LogP contribution in [0.1, 0.15) is 18.4 Å². The standard InChI is InChI=1S/C15H22F2N2O2.ClH/c1-19(12-5-7-18-8-6-12)10-11-3-4-13(21-15(16)17)14(9-11)20-2;/h3-4,9,12,15,18H,5-8,10H2,1-2H3;1H. The predicted molar refractivity (Wildman–Crippen MR) is 84.2 cm³/mol. The zero-order valence-corrected chi connectivity index (χ0v) is 13.7. The summed E-state index contributed by atoms with van der Waals surface area (Å²) in [4.78, 5) is 2.29. The Morgan fingerprint density at radius 3 is 2.55 bits per heavy atom. The first-order chi connectivity index (χ1) is 10.1. The lowest BCUT2D eigenvalue weighted by molar-refractivity contribution is -0.0512. The molecule has 7 heteroatoms. The Morgan fingerprint density at radius 1 is 1.27 bits per heavy atom. The molecular formula is C15H23ClF2N2O2. The Balaban J connectivity index is 0.00000242. The van der Waals surface area contributed by atoms with Crippen LogP contribution in [0, 0.1) is 0 Å². The van der Waals surface area contributed by atoms with Gasteiger partial charge in [0, 0.05) is 12.6 Å². The molecule has 0 amide bonds. The third-order valence-electron chi connectivity index (χ3n) is 3.81. The molecule has 1 N–H and O–H groups in total. The maximum Gasteiger partial charge on any atom is 0.387 e. The number of piperidine rings is 1. The highest BCUT2D eigenvalue weighted by molar-refractivity contribution is 5.85. The van der Waals surface area contributed by atoms with Gasteiger partial charge in [-0.25, -0.2) is 0 Å². The van der Waals surface area contributed by atoms with Crippen molar-refractivity contribution in [2.24, 2.45) is 0 Å². The van der Waals surface area contributed by atoms with E-state index in [2.05, 4.69) is 22.0 Å². The molecule has 0 bridgehead atoms. The molecule has 0 unspecified atom stereocenters. The highest BCUT2D eigenvalue weighted by atomic mass is 35.5. The summed E-state index contributed by atoms with van der Waals surface area (Å²) in [6.07, 6.45) is 2.25. The van der Waals surface area contributed by atoms with E-state index in [0.29, 0.717) is 11.8 Å². The van der Waals surface area contributed by atoms with Crippen LogP contribution in [-0.4, -0.2) is 44.8 Å². The van der Waals surface area contributed by atoms with Crippen LogP contribution in [-0.2, 0) is 6.54 Å². The molecule has 4 nitrogen and oxygen atoms in total. The molecule has 1 fully saturated rings. The fourth-order valence-corrected chi connectivity index (χ4v) is 2.67. The summed E-state index contributed by atoms with van der Waals surface area (Å²) in [5.41, 5.74) is 1.02. The van der Waals surface area contributed by atoms with Crippen LogP contribution in [0.2, 0.25) is 0 Å². The summed E-state index contributed by atoms with van der Waals surface area (Å²) in [6, 6.07) is 5.65. The van der Waals surface area contributed by atoms with E-state index in [-0.39, 0.29) is 18.2 Å². The van der Waals surface area contributed by atoms with Gasteiger partial charge in [-0.05, 0) is 50.7 Å². The van der Waals surface area contributed by atoms with Crippen LogP contribution in [0.5, 0.6) is 11.5 Å². The van der Waals surface area contributed by atoms with E-state index >= 15 is 0 Å². The largest absolute Gasteiger partial charge is 0.493 e. The third kappa shape index (κ3) is 5.26. The van der Waals surface area contributed by atoms with Crippen LogP contribution in [0.25, 0.3) is 0 Å². The maximum absolute atomic E-state index is 12.3. The van der Waals surface area contributed by atoms with Gasteiger partial charge in [0.25, 0.3) is 0 Å². The average Bonchev–Trinajstić information content (AvgIpc) is 2.49. The van der Waals surface area contributed by atoms with Gasteiger partial charge in [0.05, 0.1) is 7.11 Å². The predicted octanol–water partition coefficient (Wildman–Crippen LogP) is 2.90. The number of hydrogen-bond acceptors (Lipinski definition) is 4. The van der Waals surface area contributed by atoms with Crippen molar-refractivity contribution in [2.45, 2.75) is 32.0 Å². The van der Waals surface area contributed by atoms with Crippen molar-refractivity contribution in [1.82, 2.24) is 10.2 Å².